The van der Waals surface area contributed by atoms with E-state index in [1.807, 2.05) is 30.3 Å². The van der Waals surface area contributed by atoms with Gasteiger partial charge >= 0.3 is 0 Å². The minimum Gasteiger partial charge on any atom is -0.507 e. The Bertz CT molecular complexity index is 582. The molecule has 0 fully saturated rings. The molecule has 4 nitrogen and oxygen atoms in total. The molecular formula is C15H16N2O2. The highest BCUT2D eigenvalue weighted by Crippen LogP contribution is 2.21. The number of phenolic OH excluding ortho intramolecular Hbond substituents is 1. The molecular weight excluding hydrogens is 240 g/mol. The van der Waals surface area contributed by atoms with Crippen molar-refractivity contribution >= 4 is 11.6 Å². The molecule has 3 N–H and O–H groups in total. The highest BCUT2D eigenvalue weighted by Gasteiger charge is 2.15. The van der Waals surface area contributed by atoms with Crippen LogP contribution in [0.15, 0.2) is 48.5 Å². The van der Waals surface area contributed by atoms with Crippen LogP contribution in [0, 0.1) is 0 Å². The number of nitrogen functional groups attached to an aromatic ring is 1. The highest BCUT2D eigenvalue weighted by molar-refractivity contribution is 5.97. The van der Waals surface area contributed by atoms with Gasteiger partial charge in [0.2, 0.25) is 0 Å². The first-order valence-electron chi connectivity index (χ1n) is 5.96. The van der Waals surface area contributed by atoms with Gasteiger partial charge in [0.05, 0.1) is 5.56 Å². The zero-order valence-corrected chi connectivity index (χ0v) is 10.7. The lowest BCUT2D eigenvalue weighted by molar-refractivity contribution is 0.0782. The molecule has 4 heteroatoms. The van der Waals surface area contributed by atoms with Crippen molar-refractivity contribution in [3.05, 3.63) is 59.7 Å². The zero-order chi connectivity index (χ0) is 13.8. The molecule has 98 valence electrons. The molecule has 0 aliphatic carbocycles. The smallest absolute Gasteiger partial charge is 0.257 e. The second kappa shape index (κ2) is 5.44. The van der Waals surface area contributed by atoms with Gasteiger partial charge in [-0.15, -0.1) is 0 Å². The molecule has 0 radical (unpaired) electrons. The van der Waals surface area contributed by atoms with E-state index in [4.69, 9.17) is 5.73 Å². The quantitative estimate of drug-likeness (QED) is 0.828. The summed E-state index contributed by atoms with van der Waals surface area (Å²) in [6, 6.07) is 14.2. The van der Waals surface area contributed by atoms with Crippen LogP contribution in [0.2, 0.25) is 0 Å². The lowest BCUT2D eigenvalue weighted by Gasteiger charge is -2.18. The van der Waals surface area contributed by atoms with Crippen molar-refractivity contribution in [3.63, 3.8) is 0 Å². The number of anilines is 1. The number of rotatable bonds is 3. The summed E-state index contributed by atoms with van der Waals surface area (Å²) in [7, 11) is 1.70. The van der Waals surface area contributed by atoms with Gasteiger partial charge in [0, 0.05) is 25.3 Å². The van der Waals surface area contributed by atoms with Gasteiger partial charge in [-0.3, -0.25) is 4.79 Å². The Morgan fingerprint density at radius 2 is 1.89 bits per heavy atom. The topological polar surface area (TPSA) is 66.6 Å². The van der Waals surface area contributed by atoms with Gasteiger partial charge in [0.15, 0.2) is 0 Å². The van der Waals surface area contributed by atoms with Gasteiger partial charge in [0.1, 0.15) is 5.75 Å². The van der Waals surface area contributed by atoms with E-state index in [0.717, 1.165) is 5.56 Å². The van der Waals surface area contributed by atoms with E-state index in [1.54, 1.807) is 18.0 Å². The average Bonchev–Trinajstić information content (AvgIpc) is 2.39. The third-order valence-corrected chi connectivity index (χ3v) is 2.86. The maximum atomic E-state index is 12.2. The number of amides is 1. The summed E-state index contributed by atoms with van der Waals surface area (Å²) in [6.45, 7) is 0.490. The third kappa shape index (κ3) is 3.04. The van der Waals surface area contributed by atoms with Crippen molar-refractivity contribution in [1.29, 1.82) is 0 Å². The molecule has 1 amide bonds. The molecule has 0 aliphatic heterocycles. The first kappa shape index (κ1) is 13.0. The van der Waals surface area contributed by atoms with E-state index in [1.165, 1.54) is 12.1 Å². The van der Waals surface area contributed by atoms with Gasteiger partial charge in [-0.05, 0) is 17.7 Å². The number of hydrogen-bond acceptors (Lipinski definition) is 3. The lowest BCUT2D eigenvalue weighted by Crippen LogP contribution is -2.26. The molecule has 19 heavy (non-hydrogen) atoms. The van der Waals surface area contributed by atoms with Crippen molar-refractivity contribution < 1.29 is 9.90 Å². The van der Waals surface area contributed by atoms with Crippen LogP contribution in [0.1, 0.15) is 15.9 Å². The first-order valence-corrected chi connectivity index (χ1v) is 5.96. The van der Waals surface area contributed by atoms with Crippen LogP contribution in [0.4, 0.5) is 5.69 Å². The number of hydrogen-bond donors (Lipinski definition) is 2. The van der Waals surface area contributed by atoms with Gasteiger partial charge in [-0.25, -0.2) is 0 Å². The average molecular weight is 256 g/mol. The van der Waals surface area contributed by atoms with Crippen molar-refractivity contribution in [2.75, 3.05) is 12.8 Å². The van der Waals surface area contributed by atoms with Gasteiger partial charge < -0.3 is 15.7 Å². The number of benzene rings is 2. The Morgan fingerprint density at radius 1 is 1.21 bits per heavy atom. The molecule has 0 aromatic heterocycles. The van der Waals surface area contributed by atoms with E-state index in [9.17, 15) is 9.90 Å². The van der Waals surface area contributed by atoms with Crippen molar-refractivity contribution in [2.45, 2.75) is 6.54 Å². The molecule has 0 saturated carbocycles. The van der Waals surface area contributed by atoms with Crippen LogP contribution in [0.25, 0.3) is 0 Å². The summed E-state index contributed by atoms with van der Waals surface area (Å²) in [4.78, 5) is 13.8. The number of carbonyl (C=O) groups excluding carboxylic acids is 1. The van der Waals surface area contributed by atoms with E-state index in [-0.39, 0.29) is 17.2 Å². The second-order valence-electron chi connectivity index (χ2n) is 4.42. The summed E-state index contributed by atoms with van der Waals surface area (Å²) < 4.78 is 0. The fourth-order valence-corrected chi connectivity index (χ4v) is 1.86. The van der Waals surface area contributed by atoms with Crippen LogP contribution in [-0.4, -0.2) is 23.0 Å². The summed E-state index contributed by atoms with van der Waals surface area (Å²) in [6.07, 6.45) is 0. The van der Waals surface area contributed by atoms with Crippen LogP contribution < -0.4 is 5.73 Å². The molecule has 2 rings (SSSR count). The fraction of sp³-hybridized carbons (Fsp3) is 0.133. The second-order valence-corrected chi connectivity index (χ2v) is 4.42. The predicted molar refractivity (Wildman–Crippen MR) is 74.8 cm³/mol. The summed E-state index contributed by atoms with van der Waals surface area (Å²) >= 11 is 0. The maximum absolute atomic E-state index is 12.2. The monoisotopic (exact) mass is 256 g/mol. The molecule has 0 aliphatic rings. The number of nitrogens with two attached hydrogens (primary N) is 1. The SMILES string of the molecule is CN(Cc1ccccc1)C(=O)c1ccc(N)cc1O. The Labute approximate surface area is 112 Å². The Kier molecular flexibility index (Phi) is 3.71. The molecule has 0 spiro atoms. The maximum Gasteiger partial charge on any atom is 0.257 e. The molecule has 2 aromatic rings. The summed E-state index contributed by atoms with van der Waals surface area (Å²) in [5, 5.41) is 9.75. The van der Waals surface area contributed by atoms with E-state index >= 15 is 0 Å². The molecule has 0 heterocycles. The van der Waals surface area contributed by atoms with E-state index in [2.05, 4.69) is 0 Å². The van der Waals surface area contributed by atoms with Crippen molar-refractivity contribution in [2.24, 2.45) is 0 Å². The van der Waals surface area contributed by atoms with Crippen LogP contribution in [0.3, 0.4) is 0 Å². The van der Waals surface area contributed by atoms with Crippen LogP contribution in [-0.2, 0) is 6.54 Å². The van der Waals surface area contributed by atoms with Gasteiger partial charge in [0.25, 0.3) is 5.91 Å². The molecule has 0 bridgehead atoms. The normalized spacial score (nSPS) is 10.2. The minimum atomic E-state index is -0.235. The Balaban J connectivity index is 2.15. The number of carbonyl (C=O) groups is 1. The Hall–Kier alpha value is -2.49. The van der Waals surface area contributed by atoms with E-state index in [0.29, 0.717) is 12.2 Å². The standard InChI is InChI=1S/C15H16N2O2/c1-17(10-11-5-3-2-4-6-11)15(19)13-8-7-12(16)9-14(13)18/h2-9,18H,10,16H2,1H3. The molecule has 2 aromatic carbocycles. The first-order chi connectivity index (χ1) is 9.08. The lowest BCUT2D eigenvalue weighted by atomic mass is 10.1. The summed E-state index contributed by atoms with van der Waals surface area (Å²) in [5.41, 5.74) is 7.27. The fourth-order valence-electron chi connectivity index (χ4n) is 1.86. The van der Waals surface area contributed by atoms with Crippen LogP contribution in [0.5, 0.6) is 5.75 Å². The highest BCUT2D eigenvalue weighted by atomic mass is 16.3. The van der Waals surface area contributed by atoms with Crippen molar-refractivity contribution in [1.82, 2.24) is 4.90 Å². The number of aromatic hydroxyl groups is 1. The number of phenols is 1. The molecule has 0 atom stereocenters. The van der Waals surface area contributed by atoms with Gasteiger partial charge in [-0.2, -0.15) is 0 Å². The molecule has 0 unspecified atom stereocenters. The van der Waals surface area contributed by atoms with Gasteiger partial charge in [-0.1, -0.05) is 30.3 Å². The molecule has 0 saturated heterocycles. The Morgan fingerprint density at radius 3 is 2.53 bits per heavy atom. The predicted octanol–water partition coefficient (Wildman–Crippen LogP) is 2.25. The van der Waals surface area contributed by atoms with Crippen molar-refractivity contribution in [3.8, 4) is 5.75 Å². The summed E-state index contributed by atoms with van der Waals surface area (Å²) in [5.74, 6) is -0.328. The van der Waals surface area contributed by atoms with E-state index < -0.39 is 0 Å². The third-order valence-electron chi connectivity index (χ3n) is 2.86. The number of nitrogens with zero attached hydrogens (tertiary/aromatic N) is 1. The van der Waals surface area contributed by atoms with Crippen LogP contribution >= 0.6 is 0 Å². The zero-order valence-electron chi connectivity index (χ0n) is 10.7. The largest absolute Gasteiger partial charge is 0.507 e. The minimum absolute atomic E-state index is 0.0927.